The van der Waals surface area contributed by atoms with Gasteiger partial charge in [0.2, 0.25) is 0 Å². The summed E-state index contributed by atoms with van der Waals surface area (Å²) in [5.41, 5.74) is 0. The summed E-state index contributed by atoms with van der Waals surface area (Å²) in [6, 6.07) is 0. The third-order valence-corrected chi connectivity index (χ3v) is 13.0. The molecule has 0 radical (unpaired) electrons. The first-order valence-corrected chi connectivity index (χ1v) is 28.2. The minimum Gasteiger partial charge on any atom is -0.462 e. The average molecular weight is 961 g/mol. The molecule has 10 nitrogen and oxygen atoms in total. The number of aliphatic hydroxyl groups excluding tert-OH is 4. The molecular weight excluding hydrogens is 857 g/mol. The van der Waals surface area contributed by atoms with E-state index in [1.54, 1.807) is 0 Å². The van der Waals surface area contributed by atoms with Crippen molar-refractivity contribution in [1.29, 1.82) is 0 Å². The third kappa shape index (κ3) is 38.4. The molecule has 0 amide bonds. The van der Waals surface area contributed by atoms with Crippen LogP contribution in [0.25, 0.3) is 0 Å². The molecule has 68 heavy (non-hydrogen) atoms. The molecule has 1 fully saturated rings. The zero-order valence-electron chi connectivity index (χ0n) is 43.6. The molecular formula is C58H104O10. The maximum absolute atomic E-state index is 12.9. The zero-order valence-corrected chi connectivity index (χ0v) is 43.6. The number of rotatable bonds is 48. The maximum atomic E-state index is 12.9. The van der Waals surface area contributed by atoms with Crippen molar-refractivity contribution in [2.45, 2.75) is 288 Å². The van der Waals surface area contributed by atoms with Crippen LogP contribution in [0.5, 0.6) is 0 Å². The smallest absolute Gasteiger partial charge is 0.306 e. The molecule has 0 bridgehead atoms. The van der Waals surface area contributed by atoms with Crippen molar-refractivity contribution in [3.63, 3.8) is 0 Å². The number of aliphatic hydroxyl groups is 4. The van der Waals surface area contributed by atoms with E-state index in [1.807, 2.05) is 0 Å². The number of allylic oxidation sites excluding steroid dienone is 8. The Morgan fingerprint density at radius 3 is 1.31 bits per heavy atom. The summed E-state index contributed by atoms with van der Waals surface area (Å²) in [6.07, 6.45) is 52.7. The Kier molecular flexibility index (Phi) is 45.2. The largest absolute Gasteiger partial charge is 0.462 e. The highest BCUT2D eigenvalue weighted by molar-refractivity contribution is 5.70. The lowest BCUT2D eigenvalue weighted by Crippen LogP contribution is -2.59. The fourth-order valence-electron chi connectivity index (χ4n) is 8.59. The number of carbonyl (C=O) groups is 2. The first kappa shape index (κ1) is 63.7. The van der Waals surface area contributed by atoms with Crippen LogP contribution in [-0.2, 0) is 28.5 Å². The van der Waals surface area contributed by atoms with Gasteiger partial charge in [0, 0.05) is 12.8 Å². The van der Waals surface area contributed by atoms with Crippen molar-refractivity contribution in [3.05, 3.63) is 48.6 Å². The van der Waals surface area contributed by atoms with E-state index in [0.29, 0.717) is 6.42 Å². The van der Waals surface area contributed by atoms with Gasteiger partial charge in [0.15, 0.2) is 12.4 Å². The Labute approximate surface area is 416 Å². The molecule has 0 aliphatic carbocycles. The molecule has 1 saturated heterocycles. The summed E-state index contributed by atoms with van der Waals surface area (Å²) < 4.78 is 22.3. The van der Waals surface area contributed by atoms with Crippen molar-refractivity contribution in [1.82, 2.24) is 0 Å². The molecule has 4 N–H and O–H groups in total. The van der Waals surface area contributed by atoms with E-state index >= 15 is 0 Å². The predicted molar refractivity (Wildman–Crippen MR) is 279 cm³/mol. The predicted octanol–water partition coefficient (Wildman–Crippen LogP) is 14.0. The molecule has 0 aromatic heterocycles. The van der Waals surface area contributed by atoms with Gasteiger partial charge < -0.3 is 39.4 Å². The van der Waals surface area contributed by atoms with E-state index in [2.05, 4.69) is 62.5 Å². The second kappa shape index (κ2) is 48.3. The lowest BCUT2D eigenvalue weighted by atomic mass is 9.99. The molecule has 6 unspecified atom stereocenters. The highest BCUT2D eigenvalue weighted by Gasteiger charge is 2.44. The normalized spacial score (nSPS) is 19.3. The maximum Gasteiger partial charge on any atom is 0.306 e. The number of hydrogen-bond acceptors (Lipinski definition) is 10. The highest BCUT2D eigenvalue weighted by atomic mass is 16.7. The van der Waals surface area contributed by atoms with Crippen molar-refractivity contribution >= 4 is 11.9 Å². The molecule has 1 rings (SSSR count). The molecule has 10 heteroatoms. The minimum absolute atomic E-state index is 0.214. The Hall–Kier alpha value is -2.34. The van der Waals surface area contributed by atoms with Crippen LogP contribution in [0.4, 0.5) is 0 Å². The number of esters is 2. The van der Waals surface area contributed by atoms with E-state index in [-0.39, 0.29) is 32.0 Å². The number of ether oxygens (including phenoxy) is 4. The van der Waals surface area contributed by atoms with E-state index in [9.17, 15) is 30.0 Å². The van der Waals surface area contributed by atoms with Crippen molar-refractivity contribution in [2.75, 3.05) is 19.8 Å². The van der Waals surface area contributed by atoms with Gasteiger partial charge in [-0.1, -0.05) is 236 Å². The lowest BCUT2D eigenvalue weighted by Gasteiger charge is -2.39. The van der Waals surface area contributed by atoms with E-state index in [4.69, 9.17) is 18.9 Å². The van der Waals surface area contributed by atoms with Crippen molar-refractivity contribution < 1.29 is 49.0 Å². The van der Waals surface area contributed by atoms with Crippen LogP contribution in [0.1, 0.15) is 251 Å². The summed E-state index contributed by atoms with van der Waals surface area (Å²) in [4.78, 5) is 25.5. The van der Waals surface area contributed by atoms with Crippen LogP contribution >= 0.6 is 0 Å². The first-order valence-electron chi connectivity index (χ1n) is 28.2. The van der Waals surface area contributed by atoms with E-state index in [0.717, 1.165) is 83.5 Å². The van der Waals surface area contributed by atoms with Crippen LogP contribution in [0.15, 0.2) is 48.6 Å². The second-order valence-electron chi connectivity index (χ2n) is 19.4. The monoisotopic (exact) mass is 961 g/mol. The van der Waals surface area contributed by atoms with Crippen LogP contribution in [0, 0.1) is 0 Å². The Bertz CT molecular complexity index is 1250. The second-order valence-corrected chi connectivity index (χ2v) is 19.4. The summed E-state index contributed by atoms with van der Waals surface area (Å²) >= 11 is 0. The van der Waals surface area contributed by atoms with Gasteiger partial charge in [0.25, 0.3) is 0 Å². The Balaban J connectivity index is 2.20. The molecule has 0 saturated carbocycles. The van der Waals surface area contributed by atoms with Gasteiger partial charge in [-0.25, -0.2) is 0 Å². The molecule has 396 valence electrons. The van der Waals surface area contributed by atoms with Gasteiger partial charge in [0.05, 0.1) is 13.2 Å². The topological polar surface area (TPSA) is 152 Å². The van der Waals surface area contributed by atoms with Gasteiger partial charge in [-0.05, 0) is 51.4 Å². The quantitative estimate of drug-likeness (QED) is 0.0263. The molecule has 0 aromatic rings. The standard InChI is InChI=1S/C58H104O10/c1-3-5-7-9-11-13-15-17-19-21-23-24-25-26-27-29-30-32-34-36-38-40-42-44-46-53(60)65-49-51(50-66-58-57(64)56(63)55(62)52(48-59)68-58)67-54(61)47-45-43-41-39-37-35-33-31-28-22-20-18-16-14-12-10-8-6-4-2/h6,8,12,14,18,20,28,31,51-52,55-59,62-64H,3-5,7,9-11,13,15-17,19,21-27,29-30,32-50H2,1-2H3/b8-6-,14-12-,20-18-,31-28-. The summed E-state index contributed by atoms with van der Waals surface area (Å²) in [7, 11) is 0. The van der Waals surface area contributed by atoms with Crippen LogP contribution in [0.3, 0.4) is 0 Å². The minimum atomic E-state index is -1.60. The highest BCUT2D eigenvalue weighted by Crippen LogP contribution is 2.23. The van der Waals surface area contributed by atoms with Gasteiger partial charge >= 0.3 is 11.9 Å². The Morgan fingerprint density at radius 1 is 0.471 bits per heavy atom. The van der Waals surface area contributed by atoms with Crippen molar-refractivity contribution in [2.24, 2.45) is 0 Å². The number of hydrogen-bond donors (Lipinski definition) is 4. The number of unbranched alkanes of at least 4 members (excludes halogenated alkanes) is 29. The molecule has 6 atom stereocenters. The van der Waals surface area contributed by atoms with Crippen LogP contribution in [-0.4, -0.2) is 89.0 Å². The van der Waals surface area contributed by atoms with Gasteiger partial charge in [-0.15, -0.1) is 0 Å². The average Bonchev–Trinajstić information content (AvgIpc) is 3.34. The summed E-state index contributed by atoms with van der Waals surface area (Å²) in [5, 5.41) is 40.3. The van der Waals surface area contributed by atoms with Gasteiger partial charge in [0.1, 0.15) is 31.0 Å². The molecule has 1 heterocycles. The zero-order chi connectivity index (χ0) is 49.4. The fourth-order valence-corrected chi connectivity index (χ4v) is 8.59. The molecule has 0 aromatic carbocycles. The Morgan fingerprint density at radius 2 is 0.868 bits per heavy atom. The summed E-state index contributed by atoms with van der Waals surface area (Å²) in [5.74, 6) is -0.813. The number of carbonyl (C=O) groups excluding carboxylic acids is 2. The third-order valence-electron chi connectivity index (χ3n) is 13.0. The molecule has 0 spiro atoms. The first-order chi connectivity index (χ1) is 33.3. The van der Waals surface area contributed by atoms with Crippen molar-refractivity contribution in [3.8, 4) is 0 Å². The molecule has 1 aliphatic rings. The lowest BCUT2D eigenvalue weighted by molar-refractivity contribution is -0.305. The molecule has 1 aliphatic heterocycles. The fraction of sp³-hybridized carbons (Fsp3) is 0.828. The van der Waals surface area contributed by atoms with E-state index < -0.39 is 49.4 Å². The van der Waals surface area contributed by atoms with Crippen LogP contribution < -0.4 is 0 Å². The van der Waals surface area contributed by atoms with E-state index in [1.165, 1.54) is 135 Å². The van der Waals surface area contributed by atoms with Gasteiger partial charge in [-0.2, -0.15) is 0 Å². The summed E-state index contributed by atoms with van der Waals surface area (Å²) in [6.45, 7) is 3.34. The van der Waals surface area contributed by atoms with Crippen LogP contribution in [0.2, 0.25) is 0 Å². The van der Waals surface area contributed by atoms with Gasteiger partial charge in [-0.3, -0.25) is 9.59 Å². The SMILES string of the molecule is CC/C=C\C/C=C\C/C=C\C/C=C\CCCCCCCCC(=O)OC(COC(=O)CCCCCCCCCCCCCCCCCCCCCCCCCC)COC1OC(CO)C(O)C(O)C1O.